The minimum atomic E-state index is -0.697. The normalized spacial score (nSPS) is 12.0. The Morgan fingerprint density at radius 2 is 1.77 bits per heavy atom. The first kappa shape index (κ1) is 28.2. The van der Waals surface area contributed by atoms with E-state index in [0.29, 0.717) is 47.6 Å². The second kappa shape index (κ2) is 14.3. The van der Waals surface area contributed by atoms with Crippen LogP contribution in [0.25, 0.3) is 0 Å². The Hall–Kier alpha value is -3.08. The predicted molar refractivity (Wildman–Crippen MR) is 138 cm³/mol. The first-order valence-electron chi connectivity index (χ1n) is 12.4. The van der Waals surface area contributed by atoms with Crippen molar-refractivity contribution in [3.05, 3.63) is 59.7 Å². The van der Waals surface area contributed by atoms with Gasteiger partial charge in [0, 0.05) is 25.1 Å². The van der Waals surface area contributed by atoms with E-state index < -0.39 is 6.10 Å². The molecule has 7 heteroatoms. The van der Waals surface area contributed by atoms with Crippen molar-refractivity contribution in [1.29, 1.82) is 5.26 Å². The van der Waals surface area contributed by atoms with Crippen LogP contribution in [0.5, 0.6) is 11.5 Å². The molecule has 0 aliphatic heterocycles. The van der Waals surface area contributed by atoms with Gasteiger partial charge in [0.2, 0.25) is 0 Å². The number of aliphatic hydroxyl groups is 1. The molecule has 7 nitrogen and oxygen atoms in total. The topological polar surface area (TPSA) is 82.8 Å². The Morgan fingerprint density at radius 3 is 2.40 bits per heavy atom. The molecular formula is C28H40N3O4+. The number of quaternary nitrogens is 1. The number of para-hydroxylation sites is 1. The van der Waals surface area contributed by atoms with Gasteiger partial charge in [0.05, 0.1) is 32.8 Å². The smallest absolute Gasteiger partial charge is 0.253 e. The van der Waals surface area contributed by atoms with Gasteiger partial charge in [0.1, 0.15) is 36.8 Å². The summed E-state index contributed by atoms with van der Waals surface area (Å²) >= 11 is 0. The number of likely N-dealkylation sites (N-methyl/N-ethyl adjacent to an activating group) is 1. The molecule has 0 heterocycles. The van der Waals surface area contributed by atoms with Crippen molar-refractivity contribution < 1.29 is 23.9 Å². The molecule has 0 saturated heterocycles. The highest BCUT2D eigenvalue weighted by Crippen LogP contribution is 2.21. The van der Waals surface area contributed by atoms with Crippen LogP contribution in [0.1, 0.15) is 49.0 Å². The minimum absolute atomic E-state index is 0.0714. The summed E-state index contributed by atoms with van der Waals surface area (Å²) in [5.41, 5.74) is 0.773. The molecule has 0 aliphatic rings. The lowest BCUT2D eigenvalue weighted by molar-refractivity contribution is -0.893. The molecule has 2 aromatic carbocycles. The number of nitriles is 1. The number of rotatable bonds is 15. The van der Waals surface area contributed by atoms with Gasteiger partial charge in [-0.15, -0.1) is 0 Å². The lowest BCUT2D eigenvalue weighted by Gasteiger charge is -2.31. The van der Waals surface area contributed by atoms with E-state index in [2.05, 4.69) is 20.2 Å². The molecule has 35 heavy (non-hydrogen) atoms. The first-order chi connectivity index (χ1) is 16.8. The maximum atomic E-state index is 12.8. The number of aliphatic hydroxyl groups excluding tert-OH is 1. The number of amides is 1. The van der Waals surface area contributed by atoms with Gasteiger partial charge in [0.15, 0.2) is 0 Å². The molecule has 1 N–H and O–H groups in total. The number of nitrogens with zero attached hydrogens (tertiary/aromatic N) is 3. The minimum Gasteiger partial charge on any atom is -0.493 e. The van der Waals surface area contributed by atoms with Gasteiger partial charge in [-0.3, -0.25) is 4.79 Å². The van der Waals surface area contributed by atoms with Crippen molar-refractivity contribution in [1.82, 2.24) is 4.90 Å². The average molecular weight is 483 g/mol. The van der Waals surface area contributed by atoms with Crippen molar-refractivity contribution >= 4 is 5.91 Å². The van der Waals surface area contributed by atoms with Crippen LogP contribution < -0.4 is 9.47 Å². The molecule has 0 bridgehead atoms. The van der Waals surface area contributed by atoms with E-state index >= 15 is 0 Å². The molecule has 2 aromatic rings. The van der Waals surface area contributed by atoms with Gasteiger partial charge in [-0.25, -0.2) is 0 Å². The zero-order valence-corrected chi connectivity index (χ0v) is 21.6. The van der Waals surface area contributed by atoms with Crippen LogP contribution in [0.4, 0.5) is 0 Å². The molecule has 1 amide bonds. The Morgan fingerprint density at radius 1 is 1.09 bits per heavy atom. The maximum absolute atomic E-state index is 12.8. The van der Waals surface area contributed by atoms with Crippen molar-refractivity contribution in [3.63, 3.8) is 0 Å². The third-order valence-corrected chi connectivity index (χ3v) is 5.68. The third-order valence-electron chi connectivity index (χ3n) is 5.68. The predicted octanol–water partition coefficient (Wildman–Crippen LogP) is 4.11. The molecule has 1 atom stereocenters. The van der Waals surface area contributed by atoms with Crippen LogP contribution in [-0.4, -0.2) is 80.0 Å². The zero-order chi connectivity index (χ0) is 25.7. The SMILES string of the molecule is CCCN(CCC)C(=O)c1ccc(OC[C@H](O)C[N+](C)(C)CCCOc2ccccc2)c(C#N)c1. The van der Waals surface area contributed by atoms with Gasteiger partial charge in [-0.1, -0.05) is 32.0 Å². The third kappa shape index (κ3) is 9.59. The molecule has 0 aliphatic carbocycles. The molecule has 0 saturated carbocycles. The fraction of sp³-hybridized carbons (Fsp3) is 0.500. The molecule has 0 fully saturated rings. The van der Waals surface area contributed by atoms with E-state index in [1.807, 2.05) is 49.1 Å². The Bertz CT molecular complexity index is 950. The van der Waals surface area contributed by atoms with Gasteiger partial charge in [-0.2, -0.15) is 5.26 Å². The summed E-state index contributed by atoms with van der Waals surface area (Å²) in [5.74, 6) is 1.16. The van der Waals surface area contributed by atoms with E-state index in [4.69, 9.17) is 9.47 Å². The molecule has 2 rings (SSSR count). The summed E-state index contributed by atoms with van der Waals surface area (Å²) in [4.78, 5) is 14.7. The fourth-order valence-corrected chi connectivity index (χ4v) is 4.01. The average Bonchev–Trinajstić information content (AvgIpc) is 2.85. The lowest BCUT2D eigenvalue weighted by atomic mass is 10.1. The highest BCUT2D eigenvalue weighted by molar-refractivity contribution is 5.94. The van der Waals surface area contributed by atoms with Gasteiger partial charge in [0.25, 0.3) is 5.91 Å². The molecule has 190 valence electrons. The highest BCUT2D eigenvalue weighted by Gasteiger charge is 2.22. The van der Waals surface area contributed by atoms with Crippen LogP contribution >= 0.6 is 0 Å². The second-order valence-electron chi connectivity index (χ2n) is 9.44. The van der Waals surface area contributed by atoms with Crippen molar-refractivity contribution in [3.8, 4) is 17.6 Å². The molecule has 0 aromatic heterocycles. The van der Waals surface area contributed by atoms with Crippen molar-refractivity contribution in [2.45, 2.75) is 39.2 Å². The number of hydrogen-bond donors (Lipinski definition) is 1. The van der Waals surface area contributed by atoms with E-state index in [-0.39, 0.29) is 12.5 Å². The van der Waals surface area contributed by atoms with E-state index in [0.717, 1.165) is 31.6 Å². The quantitative estimate of drug-likeness (QED) is 0.305. The lowest BCUT2D eigenvalue weighted by Crippen LogP contribution is -2.47. The van der Waals surface area contributed by atoms with Gasteiger partial charge in [-0.05, 0) is 43.2 Å². The maximum Gasteiger partial charge on any atom is 0.253 e. The number of ether oxygens (including phenoxy) is 2. The van der Waals surface area contributed by atoms with Crippen LogP contribution in [-0.2, 0) is 0 Å². The number of carbonyl (C=O) groups is 1. The molecular weight excluding hydrogens is 442 g/mol. The first-order valence-corrected chi connectivity index (χ1v) is 12.4. The molecule has 0 spiro atoms. The standard InChI is InChI=1S/C28H40N3O4/c1-5-15-30(16-6-2)28(33)23-13-14-27(24(19-23)20-29)35-22-25(32)21-31(3,4)17-10-18-34-26-11-8-7-9-12-26/h7-9,11-14,19,25,32H,5-6,10,15-18,21-22H2,1-4H3/q+1/t25-/m1/s1. The van der Waals surface area contributed by atoms with Gasteiger partial charge < -0.3 is 24.0 Å². The van der Waals surface area contributed by atoms with Gasteiger partial charge >= 0.3 is 0 Å². The monoisotopic (exact) mass is 482 g/mol. The van der Waals surface area contributed by atoms with Crippen molar-refractivity contribution in [2.24, 2.45) is 0 Å². The summed E-state index contributed by atoms with van der Waals surface area (Å²) in [7, 11) is 4.12. The largest absolute Gasteiger partial charge is 0.493 e. The summed E-state index contributed by atoms with van der Waals surface area (Å²) in [6, 6.07) is 16.8. The highest BCUT2D eigenvalue weighted by atomic mass is 16.5. The van der Waals surface area contributed by atoms with Crippen LogP contribution in [0.15, 0.2) is 48.5 Å². The number of benzene rings is 2. The Kier molecular flexibility index (Phi) is 11.5. The van der Waals surface area contributed by atoms with E-state index in [1.165, 1.54) is 0 Å². The van der Waals surface area contributed by atoms with E-state index in [1.54, 1.807) is 18.2 Å². The number of hydrogen-bond acceptors (Lipinski definition) is 5. The molecule has 0 radical (unpaired) electrons. The van der Waals surface area contributed by atoms with Crippen molar-refractivity contribution in [2.75, 3.05) is 53.5 Å². The summed E-state index contributed by atoms with van der Waals surface area (Å²) in [5, 5.41) is 20.2. The Balaban J connectivity index is 1.86. The second-order valence-corrected chi connectivity index (χ2v) is 9.44. The fourth-order valence-electron chi connectivity index (χ4n) is 4.01. The summed E-state index contributed by atoms with van der Waals surface area (Å²) < 4.78 is 12.1. The Labute approximate surface area is 210 Å². The van der Waals surface area contributed by atoms with Crippen LogP contribution in [0, 0.1) is 11.3 Å². The molecule has 0 unspecified atom stereocenters. The summed E-state index contributed by atoms with van der Waals surface area (Å²) in [6.45, 7) is 7.49. The van der Waals surface area contributed by atoms with Crippen LogP contribution in [0.2, 0.25) is 0 Å². The van der Waals surface area contributed by atoms with E-state index in [9.17, 15) is 15.2 Å². The van der Waals surface area contributed by atoms with Crippen LogP contribution in [0.3, 0.4) is 0 Å². The number of carbonyl (C=O) groups excluding carboxylic acids is 1. The summed E-state index contributed by atoms with van der Waals surface area (Å²) in [6.07, 6.45) is 1.92. The zero-order valence-electron chi connectivity index (χ0n) is 21.6.